The molecule has 1 amide bonds. The molecule has 1 saturated heterocycles. The van der Waals surface area contributed by atoms with E-state index in [0.717, 1.165) is 36.5 Å². The van der Waals surface area contributed by atoms with Crippen LogP contribution in [0.2, 0.25) is 0 Å². The quantitative estimate of drug-likeness (QED) is 0.787. The van der Waals surface area contributed by atoms with Gasteiger partial charge in [-0.05, 0) is 31.1 Å². The van der Waals surface area contributed by atoms with Crippen LogP contribution in [0.1, 0.15) is 23.8 Å². The van der Waals surface area contributed by atoms with Gasteiger partial charge in [0.1, 0.15) is 0 Å². The Balaban J connectivity index is 1.84. The normalized spacial score (nSPS) is 19.6. The lowest BCUT2D eigenvalue weighted by atomic mass is 9.98. The maximum Gasteiger partial charge on any atom is 0.245 e. The summed E-state index contributed by atoms with van der Waals surface area (Å²) in [5.74, 6) is 0.404. The van der Waals surface area contributed by atoms with Crippen molar-refractivity contribution in [1.29, 1.82) is 0 Å². The molecule has 0 spiro atoms. The Hall–Kier alpha value is -1.68. The summed E-state index contributed by atoms with van der Waals surface area (Å²) in [6.45, 7) is 5.17. The number of thiazole rings is 1. The van der Waals surface area contributed by atoms with Crippen LogP contribution >= 0.6 is 11.3 Å². The third kappa shape index (κ3) is 2.40. The maximum atomic E-state index is 11.7. The van der Waals surface area contributed by atoms with Gasteiger partial charge in [0.2, 0.25) is 5.91 Å². The zero-order chi connectivity index (χ0) is 13.2. The second-order valence-corrected chi connectivity index (χ2v) is 5.91. The fourth-order valence-electron chi connectivity index (χ4n) is 2.57. The summed E-state index contributed by atoms with van der Waals surface area (Å²) in [6.07, 6.45) is 3.56. The third-order valence-electron chi connectivity index (χ3n) is 3.57. The zero-order valence-electron chi connectivity index (χ0n) is 10.7. The highest BCUT2D eigenvalue weighted by Crippen LogP contribution is 2.32. The second-order valence-electron chi connectivity index (χ2n) is 4.85. The maximum absolute atomic E-state index is 11.7. The minimum Gasteiger partial charge on any atom is -0.338 e. The summed E-state index contributed by atoms with van der Waals surface area (Å²) >= 11 is 1.75. The first-order chi connectivity index (χ1) is 9.28. The van der Waals surface area contributed by atoms with Gasteiger partial charge in [0.05, 0.1) is 15.2 Å². The van der Waals surface area contributed by atoms with Gasteiger partial charge in [-0.3, -0.25) is 4.79 Å². The van der Waals surface area contributed by atoms with E-state index in [4.69, 9.17) is 4.98 Å². The minimum absolute atomic E-state index is 0.0332. The molecule has 98 valence electrons. The first-order valence-corrected chi connectivity index (χ1v) is 7.36. The van der Waals surface area contributed by atoms with Crippen molar-refractivity contribution in [3.05, 3.63) is 41.9 Å². The SMILES string of the molecule is C=CC(=O)N1CCCC(c2nc3ccccc3s2)C1. The van der Waals surface area contributed by atoms with Crippen molar-refractivity contribution in [2.45, 2.75) is 18.8 Å². The topological polar surface area (TPSA) is 33.2 Å². The van der Waals surface area contributed by atoms with E-state index in [1.807, 2.05) is 23.1 Å². The van der Waals surface area contributed by atoms with Crippen molar-refractivity contribution in [2.24, 2.45) is 0 Å². The molecular formula is C15H16N2OS. The molecule has 1 aliphatic heterocycles. The van der Waals surface area contributed by atoms with E-state index in [0.29, 0.717) is 5.92 Å². The highest BCUT2D eigenvalue weighted by Gasteiger charge is 2.25. The van der Waals surface area contributed by atoms with Gasteiger partial charge in [0.25, 0.3) is 0 Å². The zero-order valence-corrected chi connectivity index (χ0v) is 11.5. The van der Waals surface area contributed by atoms with E-state index in [-0.39, 0.29) is 5.91 Å². The lowest BCUT2D eigenvalue weighted by Gasteiger charge is -2.30. The smallest absolute Gasteiger partial charge is 0.245 e. The Bertz CT molecular complexity index is 586. The molecule has 2 heterocycles. The van der Waals surface area contributed by atoms with Crippen molar-refractivity contribution in [2.75, 3.05) is 13.1 Å². The van der Waals surface area contributed by atoms with E-state index in [1.54, 1.807) is 11.3 Å². The van der Waals surface area contributed by atoms with Gasteiger partial charge in [0.15, 0.2) is 0 Å². The molecule has 1 aromatic carbocycles. The van der Waals surface area contributed by atoms with Crippen LogP contribution in [0.15, 0.2) is 36.9 Å². The van der Waals surface area contributed by atoms with Gasteiger partial charge in [-0.25, -0.2) is 4.98 Å². The molecule has 0 saturated carbocycles. The van der Waals surface area contributed by atoms with Crippen LogP contribution in [0.5, 0.6) is 0 Å². The van der Waals surface area contributed by atoms with Crippen molar-refractivity contribution in [3.63, 3.8) is 0 Å². The summed E-state index contributed by atoms with van der Waals surface area (Å²) in [7, 11) is 0. The molecule has 0 radical (unpaired) electrons. The molecule has 1 aromatic heterocycles. The number of hydrogen-bond acceptors (Lipinski definition) is 3. The molecule has 4 heteroatoms. The molecule has 3 nitrogen and oxygen atoms in total. The number of carbonyl (C=O) groups is 1. The van der Waals surface area contributed by atoms with Crippen molar-refractivity contribution in [3.8, 4) is 0 Å². The summed E-state index contributed by atoms with van der Waals surface area (Å²) in [6, 6.07) is 8.20. The number of piperidine rings is 1. The molecule has 2 aromatic rings. The number of nitrogens with zero attached hydrogens (tertiary/aromatic N) is 2. The number of hydrogen-bond donors (Lipinski definition) is 0. The predicted octanol–water partition coefficient (Wildman–Crippen LogP) is 3.19. The molecule has 0 aliphatic carbocycles. The Morgan fingerprint density at radius 3 is 3.11 bits per heavy atom. The second kappa shape index (κ2) is 5.13. The minimum atomic E-state index is 0.0332. The highest BCUT2D eigenvalue weighted by atomic mass is 32.1. The average molecular weight is 272 g/mol. The molecular weight excluding hydrogens is 256 g/mol. The van der Waals surface area contributed by atoms with Crippen molar-refractivity contribution >= 4 is 27.5 Å². The number of likely N-dealkylation sites (tertiary alicyclic amines) is 1. The Morgan fingerprint density at radius 1 is 1.47 bits per heavy atom. The van der Waals surface area contributed by atoms with E-state index in [2.05, 4.69) is 12.6 Å². The fourth-order valence-corrected chi connectivity index (χ4v) is 3.67. The molecule has 1 unspecified atom stereocenters. The van der Waals surface area contributed by atoms with Crippen molar-refractivity contribution < 1.29 is 4.79 Å². The van der Waals surface area contributed by atoms with Crippen LogP contribution in [0.25, 0.3) is 10.2 Å². The summed E-state index contributed by atoms with van der Waals surface area (Å²) in [5, 5.41) is 1.16. The van der Waals surface area contributed by atoms with Crippen LogP contribution in [0, 0.1) is 0 Å². The summed E-state index contributed by atoms with van der Waals surface area (Å²) in [5.41, 5.74) is 1.06. The number of benzene rings is 1. The van der Waals surface area contributed by atoms with Crippen LogP contribution in [0.3, 0.4) is 0 Å². The number of para-hydroxylation sites is 1. The third-order valence-corrected chi connectivity index (χ3v) is 4.77. The van der Waals surface area contributed by atoms with E-state index >= 15 is 0 Å². The molecule has 19 heavy (non-hydrogen) atoms. The predicted molar refractivity (Wildman–Crippen MR) is 78.4 cm³/mol. The van der Waals surface area contributed by atoms with Crippen LogP contribution in [-0.2, 0) is 4.79 Å². The van der Waals surface area contributed by atoms with Crippen molar-refractivity contribution in [1.82, 2.24) is 9.88 Å². The molecule has 1 fully saturated rings. The van der Waals surface area contributed by atoms with Gasteiger partial charge in [-0.2, -0.15) is 0 Å². The lowest BCUT2D eigenvalue weighted by molar-refractivity contribution is -0.127. The summed E-state index contributed by atoms with van der Waals surface area (Å²) < 4.78 is 1.23. The highest BCUT2D eigenvalue weighted by molar-refractivity contribution is 7.18. The largest absolute Gasteiger partial charge is 0.338 e. The van der Waals surface area contributed by atoms with Crippen LogP contribution < -0.4 is 0 Å². The van der Waals surface area contributed by atoms with Gasteiger partial charge in [0, 0.05) is 19.0 Å². The van der Waals surface area contributed by atoms with E-state index < -0.39 is 0 Å². The Morgan fingerprint density at radius 2 is 2.32 bits per heavy atom. The Kier molecular flexibility index (Phi) is 3.34. The standard InChI is InChI=1S/C15H16N2OS/c1-2-14(18)17-9-5-6-11(10-17)15-16-12-7-3-4-8-13(12)19-15/h2-4,7-8,11H,1,5-6,9-10H2. The van der Waals surface area contributed by atoms with Gasteiger partial charge in [-0.15, -0.1) is 11.3 Å². The molecule has 0 N–H and O–H groups in total. The number of carbonyl (C=O) groups excluding carboxylic acids is 1. The van der Waals surface area contributed by atoms with E-state index in [1.165, 1.54) is 10.8 Å². The monoisotopic (exact) mass is 272 g/mol. The number of fused-ring (bicyclic) bond motifs is 1. The number of aromatic nitrogens is 1. The van der Waals surface area contributed by atoms with Gasteiger partial charge in [-0.1, -0.05) is 18.7 Å². The van der Waals surface area contributed by atoms with Crippen LogP contribution in [0.4, 0.5) is 0 Å². The Labute approximate surface area is 116 Å². The fraction of sp³-hybridized carbons (Fsp3) is 0.333. The lowest BCUT2D eigenvalue weighted by Crippen LogP contribution is -2.38. The molecule has 1 atom stereocenters. The van der Waals surface area contributed by atoms with Crippen LogP contribution in [-0.4, -0.2) is 28.9 Å². The number of rotatable bonds is 2. The van der Waals surface area contributed by atoms with E-state index in [9.17, 15) is 4.79 Å². The molecule has 0 bridgehead atoms. The average Bonchev–Trinajstić information content (AvgIpc) is 2.90. The van der Waals surface area contributed by atoms with Gasteiger partial charge < -0.3 is 4.90 Å². The molecule has 1 aliphatic rings. The van der Waals surface area contributed by atoms with Gasteiger partial charge >= 0.3 is 0 Å². The first kappa shape index (κ1) is 12.4. The summed E-state index contributed by atoms with van der Waals surface area (Å²) in [4.78, 5) is 18.3. The molecule has 3 rings (SSSR count). The first-order valence-electron chi connectivity index (χ1n) is 6.55. The number of amides is 1.